The number of hydrogen-bond donors (Lipinski definition) is 2. The van der Waals surface area contributed by atoms with Crippen molar-refractivity contribution in [1.29, 1.82) is 0 Å². The molecule has 5 rings (SSSR count). The summed E-state index contributed by atoms with van der Waals surface area (Å²) < 4.78 is 50.9. The molecule has 3 N–H and O–H groups in total. The number of fused-ring (bicyclic) bond motifs is 1. The number of hydrogen-bond acceptors (Lipinski definition) is 8. The summed E-state index contributed by atoms with van der Waals surface area (Å²) in [5, 5.41) is 0.298. The molecule has 0 bridgehead atoms. The van der Waals surface area contributed by atoms with Crippen molar-refractivity contribution in [1.82, 2.24) is 14.7 Å². The zero-order valence-electron chi connectivity index (χ0n) is 21.8. The molecule has 13 heteroatoms. The SMILES string of the molecule is CN1C(=O)C(F)(F)c2c(Sc3ncc(N4CCC5(CC4)COC[C@H]5N[S@](=O)C(C)(C)C)nc3N)cccc21. The minimum absolute atomic E-state index is 0.0105. The summed E-state index contributed by atoms with van der Waals surface area (Å²) in [7, 11) is 0.151. The highest BCUT2D eigenvalue weighted by Crippen LogP contribution is 2.49. The van der Waals surface area contributed by atoms with Crippen LogP contribution in [0.1, 0.15) is 39.2 Å². The third-order valence-corrected chi connectivity index (χ3v) is 10.2. The van der Waals surface area contributed by atoms with Gasteiger partial charge in [-0.05, 0) is 45.7 Å². The molecule has 2 atom stereocenters. The first-order chi connectivity index (χ1) is 17.8. The molecular weight excluding hydrogens is 534 g/mol. The quantitative estimate of drug-likeness (QED) is 0.567. The van der Waals surface area contributed by atoms with Gasteiger partial charge in [0.25, 0.3) is 0 Å². The Balaban J connectivity index is 1.29. The maximum absolute atomic E-state index is 14.7. The topological polar surface area (TPSA) is 114 Å². The van der Waals surface area contributed by atoms with Crippen molar-refractivity contribution in [3.63, 3.8) is 0 Å². The molecule has 38 heavy (non-hydrogen) atoms. The van der Waals surface area contributed by atoms with Gasteiger partial charge >= 0.3 is 11.8 Å². The highest BCUT2D eigenvalue weighted by molar-refractivity contribution is 7.99. The highest BCUT2D eigenvalue weighted by atomic mass is 32.2. The third-order valence-electron chi connectivity index (χ3n) is 7.51. The number of alkyl halides is 2. The van der Waals surface area contributed by atoms with Gasteiger partial charge in [-0.1, -0.05) is 17.8 Å². The number of halogens is 2. The Labute approximate surface area is 227 Å². The van der Waals surface area contributed by atoms with Crippen molar-refractivity contribution < 1.29 is 22.5 Å². The van der Waals surface area contributed by atoms with Crippen LogP contribution in [-0.4, -0.2) is 64.2 Å². The summed E-state index contributed by atoms with van der Waals surface area (Å²) in [6.07, 6.45) is 3.26. The highest BCUT2D eigenvalue weighted by Gasteiger charge is 2.53. The van der Waals surface area contributed by atoms with Crippen LogP contribution in [0.3, 0.4) is 0 Å². The van der Waals surface area contributed by atoms with E-state index in [0.717, 1.165) is 29.5 Å². The van der Waals surface area contributed by atoms with Crippen molar-refractivity contribution in [2.24, 2.45) is 5.41 Å². The number of nitrogens with zero attached hydrogens (tertiary/aromatic N) is 4. The number of nitrogen functional groups attached to an aromatic ring is 1. The predicted octanol–water partition coefficient (Wildman–Crippen LogP) is 3.32. The monoisotopic (exact) mass is 566 g/mol. The summed E-state index contributed by atoms with van der Waals surface area (Å²) >= 11 is 0.975. The average Bonchev–Trinajstić information content (AvgIpc) is 3.32. The summed E-state index contributed by atoms with van der Waals surface area (Å²) in [5.41, 5.74) is 5.96. The Bertz CT molecular complexity index is 1280. The van der Waals surface area contributed by atoms with Gasteiger partial charge in [-0.3, -0.25) is 4.79 Å². The van der Waals surface area contributed by atoms with Gasteiger partial charge in [0, 0.05) is 30.4 Å². The largest absolute Gasteiger partial charge is 0.381 e. The van der Waals surface area contributed by atoms with Crippen LogP contribution in [0.25, 0.3) is 0 Å². The van der Waals surface area contributed by atoms with Crippen LogP contribution in [-0.2, 0) is 26.4 Å². The van der Waals surface area contributed by atoms with Gasteiger partial charge < -0.3 is 20.3 Å². The molecule has 0 unspecified atom stereocenters. The van der Waals surface area contributed by atoms with E-state index in [0.29, 0.717) is 37.1 Å². The molecule has 0 saturated carbocycles. The second kappa shape index (κ2) is 9.68. The van der Waals surface area contributed by atoms with Gasteiger partial charge in [-0.15, -0.1) is 0 Å². The van der Waals surface area contributed by atoms with Gasteiger partial charge in [0.05, 0.1) is 52.4 Å². The van der Waals surface area contributed by atoms with Crippen LogP contribution in [0.2, 0.25) is 0 Å². The van der Waals surface area contributed by atoms with Crippen molar-refractivity contribution in [3.8, 4) is 0 Å². The van der Waals surface area contributed by atoms with Crippen molar-refractivity contribution in [2.45, 2.75) is 60.2 Å². The summed E-state index contributed by atoms with van der Waals surface area (Å²) in [6, 6.07) is 4.66. The lowest BCUT2D eigenvalue weighted by molar-refractivity contribution is -0.141. The second-order valence-electron chi connectivity index (χ2n) is 11.0. The van der Waals surface area contributed by atoms with Crippen LogP contribution in [0.5, 0.6) is 0 Å². The van der Waals surface area contributed by atoms with E-state index in [2.05, 4.69) is 19.6 Å². The number of ether oxygens (including phenoxy) is 1. The number of nitrogens with two attached hydrogens (primary N) is 1. The maximum Gasteiger partial charge on any atom is 0.353 e. The molecule has 1 spiro atoms. The smallest absolute Gasteiger partial charge is 0.353 e. The van der Waals surface area contributed by atoms with E-state index in [9.17, 15) is 17.8 Å². The Morgan fingerprint density at radius 1 is 1.26 bits per heavy atom. The molecule has 9 nitrogen and oxygen atoms in total. The molecule has 0 radical (unpaired) electrons. The summed E-state index contributed by atoms with van der Waals surface area (Å²) in [4.78, 5) is 24.3. The van der Waals surface area contributed by atoms with Crippen LogP contribution < -0.4 is 20.3 Å². The molecule has 2 fully saturated rings. The molecule has 3 aliphatic rings. The number of benzene rings is 1. The average molecular weight is 567 g/mol. The lowest BCUT2D eigenvalue weighted by Gasteiger charge is -2.42. The van der Waals surface area contributed by atoms with Crippen LogP contribution in [0, 0.1) is 5.41 Å². The zero-order chi connectivity index (χ0) is 27.5. The maximum atomic E-state index is 14.7. The molecule has 206 valence electrons. The molecule has 2 saturated heterocycles. The number of nitrogens with one attached hydrogen (secondary N) is 1. The molecular formula is C25H32F2N6O3S2. The predicted molar refractivity (Wildman–Crippen MR) is 144 cm³/mol. The molecule has 2 aromatic rings. The van der Waals surface area contributed by atoms with Crippen LogP contribution >= 0.6 is 11.8 Å². The molecule has 4 heterocycles. The van der Waals surface area contributed by atoms with Crippen molar-refractivity contribution in [2.75, 3.05) is 48.9 Å². The first-order valence-corrected chi connectivity index (χ1v) is 14.4. The Kier molecular flexibility index (Phi) is 6.94. The van der Waals surface area contributed by atoms with E-state index in [1.807, 2.05) is 20.8 Å². The standard InChI is InChI=1S/C25H32F2N6O3S2/c1-23(2,3)38(35)31-17-13-36-14-24(17)8-10-33(11-9-24)18-12-29-21(20(28)30-18)37-16-7-5-6-15-19(16)25(26,27)22(34)32(15)4/h5-7,12,17,31H,8-11,13-14H2,1-4H3,(H2,28,30)/t17-,38-/m1/s1. The molecule has 1 amide bonds. The lowest BCUT2D eigenvalue weighted by Crippen LogP contribution is -2.53. The number of rotatable bonds is 5. The summed E-state index contributed by atoms with van der Waals surface area (Å²) in [6.45, 7) is 8.40. The molecule has 0 aliphatic carbocycles. The fourth-order valence-electron chi connectivity index (χ4n) is 5.14. The summed E-state index contributed by atoms with van der Waals surface area (Å²) in [5.74, 6) is -4.12. The minimum Gasteiger partial charge on any atom is -0.381 e. The molecule has 1 aromatic carbocycles. The fourth-order valence-corrected chi connectivity index (χ4v) is 7.02. The van der Waals surface area contributed by atoms with Crippen molar-refractivity contribution in [3.05, 3.63) is 30.0 Å². The first-order valence-electron chi connectivity index (χ1n) is 12.4. The van der Waals surface area contributed by atoms with Crippen molar-refractivity contribution >= 4 is 46.0 Å². The number of likely N-dealkylation sites (N-methyl/N-ethyl adjacent to an activating group) is 1. The molecule has 1 aromatic heterocycles. The van der Waals surface area contributed by atoms with Gasteiger partial charge in [0.1, 0.15) is 10.8 Å². The van der Waals surface area contributed by atoms with Crippen LogP contribution in [0.15, 0.2) is 34.3 Å². The first kappa shape index (κ1) is 27.2. The van der Waals surface area contributed by atoms with E-state index in [-0.39, 0.29) is 38.2 Å². The number of aromatic nitrogens is 2. The fraction of sp³-hybridized carbons (Fsp3) is 0.560. The Morgan fingerprint density at radius 3 is 2.63 bits per heavy atom. The number of carbonyl (C=O) groups is 1. The lowest BCUT2D eigenvalue weighted by atomic mass is 9.75. The van der Waals surface area contributed by atoms with E-state index in [4.69, 9.17) is 10.5 Å². The number of piperidine rings is 1. The van der Waals surface area contributed by atoms with Gasteiger partial charge in [0.2, 0.25) is 0 Å². The second-order valence-corrected chi connectivity index (χ2v) is 14.1. The van der Waals surface area contributed by atoms with Gasteiger partial charge in [-0.25, -0.2) is 18.9 Å². The van der Waals surface area contributed by atoms with Crippen LogP contribution in [0.4, 0.5) is 26.1 Å². The number of carbonyl (C=O) groups excluding carboxylic acids is 1. The zero-order valence-corrected chi connectivity index (χ0v) is 23.4. The Morgan fingerprint density at radius 2 is 1.97 bits per heavy atom. The van der Waals surface area contributed by atoms with Gasteiger partial charge in [-0.2, -0.15) is 8.78 Å². The Hall–Kier alpha value is -2.35. The number of amides is 1. The van der Waals surface area contributed by atoms with E-state index in [1.54, 1.807) is 12.3 Å². The van der Waals surface area contributed by atoms with Gasteiger partial charge in [0.15, 0.2) is 5.82 Å². The van der Waals surface area contributed by atoms with E-state index < -0.39 is 22.8 Å². The van der Waals surface area contributed by atoms with E-state index >= 15 is 0 Å². The minimum atomic E-state index is -3.62. The normalized spacial score (nSPS) is 23.2. The number of anilines is 3. The van der Waals surface area contributed by atoms with E-state index in [1.165, 1.54) is 19.2 Å². The molecule has 3 aliphatic heterocycles. The third kappa shape index (κ3) is 4.67.